The van der Waals surface area contributed by atoms with Gasteiger partial charge in [-0.1, -0.05) is 17.7 Å². The van der Waals surface area contributed by atoms with Crippen molar-refractivity contribution in [3.8, 4) is 17.0 Å². The van der Waals surface area contributed by atoms with Crippen molar-refractivity contribution in [3.63, 3.8) is 0 Å². The molecule has 0 aliphatic heterocycles. The Kier molecular flexibility index (Phi) is 4.96. The van der Waals surface area contributed by atoms with Crippen LogP contribution < -0.4 is 15.7 Å². The number of nitrogens with zero attached hydrogens (tertiary/aromatic N) is 5. The zero-order valence-corrected chi connectivity index (χ0v) is 15.8. The summed E-state index contributed by atoms with van der Waals surface area (Å²) < 4.78 is 16.5. The van der Waals surface area contributed by atoms with Gasteiger partial charge in [0.05, 0.1) is 16.9 Å². The monoisotopic (exact) mass is 412 g/mol. The molecular weight excluding hydrogens is 399 g/mol. The summed E-state index contributed by atoms with van der Waals surface area (Å²) in [6.45, 7) is 0. The molecule has 1 N–H and O–H groups in total. The minimum absolute atomic E-state index is 0.0957. The number of aromatic nitrogens is 5. The van der Waals surface area contributed by atoms with Crippen molar-refractivity contribution in [1.29, 1.82) is 0 Å². The SMILES string of the molecule is Cn1nccc1Nc1nccc(-c2ccn(Oc3cccc(Cl)c3F)c(=O)c2)n1. The van der Waals surface area contributed by atoms with Crippen LogP contribution in [0.5, 0.6) is 5.75 Å². The number of rotatable bonds is 5. The first-order valence-electron chi connectivity index (χ1n) is 8.45. The molecule has 0 bridgehead atoms. The van der Waals surface area contributed by atoms with E-state index < -0.39 is 11.4 Å². The maximum absolute atomic E-state index is 14.0. The lowest BCUT2D eigenvalue weighted by atomic mass is 10.2. The van der Waals surface area contributed by atoms with Crippen molar-refractivity contribution in [1.82, 2.24) is 24.5 Å². The van der Waals surface area contributed by atoms with Gasteiger partial charge in [-0.15, -0.1) is 4.73 Å². The second-order valence-electron chi connectivity index (χ2n) is 5.95. The number of hydrogen-bond acceptors (Lipinski definition) is 6. The third kappa shape index (κ3) is 3.94. The van der Waals surface area contributed by atoms with Gasteiger partial charge in [0.25, 0.3) is 5.56 Å². The molecule has 3 heterocycles. The van der Waals surface area contributed by atoms with Crippen molar-refractivity contribution < 1.29 is 9.23 Å². The molecule has 0 radical (unpaired) electrons. The van der Waals surface area contributed by atoms with Gasteiger partial charge in [-0.3, -0.25) is 9.48 Å². The van der Waals surface area contributed by atoms with Crippen LogP contribution >= 0.6 is 11.6 Å². The Labute approximate surface area is 169 Å². The average molecular weight is 413 g/mol. The van der Waals surface area contributed by atoms with Crippen molar-refractivity contribution >= 4 is 23.4 Å². The Bertz CT molecular complexity index is 1240. The zero-order chi connectivity index (χ0) is 20.4. The van der Waals surface area contributed by atoms with E-state index in [1.165, 1.54) is 30.5 Å². The third-order valence-corrected chi connectivity index (χ3v) is 4.30. The highest BCUT2D eigenvalue weighted by atomic mass is 35.5. The van der Waals surface area contributed by atoms with Crippen LogP contribution in [0.3, 0.4) is 0 Å². The molecule has 8 nitrogen and oxygen atoms in total. The Hall–Kier alpha value is -3.72. The quantitative estimate of drug-likeness (QED) is 0.540. The molecule has 3 aromatic heterocycles. The number of benzene rings is 1. The Morgan fingerprint density at radius 1 is 1.17 bits per heavy atom. The summed E-state index contributed by atoms with van der Waals surface area (Å²) in [5, 5.41) is 7.02. The van der Waals surface area contributed by atoms with E-state index in [0.29, 0.717) is 17.2 Å². The first-order valence-corrected chi connectivity index (χ1v) is 8.82. The number of nitrogens with one attached hydrogen (secondary N) is 1. The highest BCUT2D eigenvalue weighted by Crippen LogP contribution is 2.24. The first-order chi connectivity index (χ1) is 14.0. The summed E-state index contributed by atoms with van der Waals surface area (Å²) in [4.78, 5) is 26.3. The fourth-order valence-corrected chi connectivity index (χ4v) is 2.72. The maximum Gasteiger partial charge on any atom is 0.284 e. The molecule has 0 unspecified atom stereocenters. The molecule has 1 aromatic carbocycles. The molecule has 4 aromatic rings. The van der Waals surface area contributed by atoms with Crippen LogP contribution in [-0.2, 0) is 7.05 Å². The lowest BCUT2D eigenvalue weighted by Crippen LogP contribution is -2.23. The molecule has 0 aliphatic rings. The van der Waals surface area contributed by atoms with Gasteiger partial charge in [-0.05, 0) is 24.3 Å². The third-order valence-electron chi connectivity index (χ3n) is 4.01. The second kappa shape index (κ2) is 7.72. The van der Waals surface area contributed by atoms with E-state index in [-0.39, 0.29) is 10.8 Å². The van der Waals surface area contributed by atoms with Crippen LogP contribution in [0.2, 0.25) is 5.02 Å². The molecule has 29 heavy (non-hydrogen) atoms. The average Bonchev–Trinajstić information content (AvgIpc) is 3.11. The fourth-order valence-electron chi connectivity index (χ4n) is 2.55. The number of anilines is 2. The van der Waals surface area contributed by atoms with E-state index in [1.807, 2.05) is 0 Å². The largest absolute Gasteiger partial charge is 0.369 e. The maximum atomic E-state index is 14.0. The molecule has 10 heteroatoms. The van der Waals surface area contributed by atoms with Gasteiger partial charge in [0.1, 0.15) is 5.82 Å². The zero-order valence-electron chi connectivity index (χ0n) is 15.1. The molecule has 0 fully saturated rings. The highest BCUT2D eigenvalue weighted by Gasteiger charge is 2.11. The van der Waals surface area contributed by atoms with Gasteiger partial charge >= 0.3 is 0 Å². The lowest BCUT2D eigenvalue weighted by Gasteiger charge is -2.10. The van der Waals surface area contributed by atoms with Gasteiger partial charge < -0.3 is 10.2 Å². The van der Waals surface area contributed by atoms with Crippen LogP contribution in [0.1, 0.15) is 0 Å². The van der Waals surface area contributed by atoms with Gasteiger partial charge in [0.15, 0.2) is 11.6 Å². The molecular formula is C19H14ClFN6O2. The molecule has 4 rings (SSSR count). The van der Waals surface area contributed by atoms with Crippen molar-refractivity contribution in [3.05, 3.63) is 82.2 Å². The van der Waals surface area contributed by atoms with E-state index in [0.717, 1.165) is 10.5 Å². The Balaban J connectivity index is 1.59. The van der Waals surface area contributed by atoms with E-state index in [4.69, 9.17) is 16.4 Å². The Morgan fingerprint density at radius 3 is 2.79 bits per heavy atom. The van der Waals surface area contributed by atoms with Crippen LogP contribution in [0.15, 0.2) is 65.8 Å². The van der Waals surface area contributed by atoms with Gasteiger partial charge in [-0.25, -0.2) is 14.4 Å². The standard InChI is InChI=1S/C19H14ClFN6O2/c1-26-16(6-9-23-26)25-19-22-8-5-14(24-19)12-7-10-27(17(28)11-12)29-15-4-2-3-13(20)18(15)21/h2-11H,1H3,(H,22,24,25). The second-order valence-corrected chi connectivity index (χ2v) is 6.36. The van der Waals surface area contributed by atoms with E-state index in [1.54, 1.807) is 42.3 Å². The normalized spacial score (nSPS) is 10.7. The van der Waals surface area contributed by atoms with Crippen LogP contribution in [-0.4, -0.2) is 24.5 Å². The van der Waals surface area contributed by atoms with Crippen LogP contribution in [0.4, 0.5) is 16.2 Å². The molecule has 0 amide bonds. The molecule has 0 saturated heterocycles. The van der Waals surface area contributed by atoms with E-state index in [2.05, 4.69) is 20.4 Å². The highest BCUT2D eigenvalue weighted by molar-refractivity contribution is 6.30. The summed E-state index contributed by atoms with van der Waals surface area (Å²) in [6, 6.07) is 10.7. The van der Waals surface area contributed by atoms with Crippen LogP contribution in [0.25, 0.3) is 11.3 Å². The van der Waals surface area contributed by atoms with Gasteiger partial charge in [0, 0.05) is 37.1 Å². The predicted octanol–water partition coefficient (Wildman–Crippen LogP) is 3.42. The molecule has 146 valence electrons. The van der Waals surface area contributed by atoms with Crippen molar-refractivity contribution in [2.24, 2.45) is 7.05 Å². The summed E-state index contributed by atoms with van der Waals surface area (Å²) in [5.41, 5.74) is 0.585. The van der Waals surface area contributed by atoms with E-state index in [9.17, 15) is 9.18 Å². The number of hydrogen-bond donors (Lipinski definition) is 1. The molecule has 0 atom stereocenters. The summed E-state index contributed by atoms with van der Waals surface area (Å²) in [7, 11) is 1.79. The predicted molar refractivity (Wildman–Crippen MR) is 106 cm³/mol. The molecule has 0 aliphatic carbocycles. The minimum atomic E-state index is -0.744. The smallest absolute Gasteiger partial charge is 0.284 e. The summed E-state index contributed by atoms with van der Waals surface area (Å²) in [5.74, 6) is 0.172. The topological polar surface area (TPSA) is 86.9 Å². The van der Waals surface area contributed by atoms with Crippen LogP contribution in [0, 0.1) is 5.82 Å². The van der Waals surface area contributed by atoms with Gasteiger partial charge in [0.2, 0.25) is 5.95 Å². The molecule has 0 saturated carbocycles. The van der Waals surface area contributed by atoms with E-state index >= 15 is 0 Å². The Morgan fingerprint density at radius 2 is 2.03 bits per heavy atom. The van der Waals surface area contributed by atoms with Gasteiger partial charge in [-0.2, -0.15) is 5.10 Å². The fraction of sp³-hybridized carbons (Fsp3) is 0.0526. The van der Waals surface area contributed by atoms with Crippen molar-refractivity contribution in [2.75, 3.05) is 5.32 Å². The number of halogens is 2. The summed E-state index contributed by atoms with van der Waals surface area (Å²) >= 11 is 5.73. The number of aryl methyl sites for hydroxylation is 1. The van der Waals surface area contributed by atoms with Crippen molar-refractivity contribution in [2.45, 2.75) is 0 Å². The summed E-state index contributed by atoms with van der Waals surface area (Å²) in [6.07, 6.45) is 4.60. The minimum Gasteiger partial charge on any atom is -0.369 e. The lowest BCUT2D eigenvalue weighted by molar-refractivity contribution is 0.195. The molecule has 0 spiro atoms. The first kappa shape index (κ1) is 18.6. The number of pyridine rings is 1.